The van der Waals surface area contributed by atoms with Crippen molar-refractivity contribution >= 4 is 11.6 Å². The summed E-state index contributed by atoms with van der Waals surface area (Å²) in [7, 11) is 1.66. The highest BCUT2D eigenvalue weighted by molar-refractivity contribution is 5.80. The van der Waals surface area contributed by atoms with Gasteiger partial charge in [0.25, 0.3) is 0 Å². The van der Waals surface area contributed by atoms with Crippen LogP contribution in [0.2, 0.25) is 0 Å². The van der Waals surface area contributed by atoms with Crippen LogP contribution in [0.15, 0.2) is 24.3 Å². The van der Waals surface area contributed by atoms with Gasteiger partial charge in [-0.25, -0.2) is 0 Å². The quantitative estimate of drug-likeness (QED) is 0.853. The standard InChI is InChI=1S/C15H22N2O2/c1-11-7-8-13(19-11)10-17-14-6-4-3-5-12(14)9-15(18)16-2/h3-6,11,13,17H,7-10H2,1-2H3,(H,16,18). The Balaban J connectivity index is 1.93. The van der Waals surface area contributed by atoms with Crippen molar-refractivity contribution in [3.05, 3.63) is 29.8 Å². The topological polar surface area (TPSA) is 50.4 Å². The van der Waals surface area contributed by atoms with E-state index in [0.717, 1.165) is 30.6 Å². The van der Waals surface area contributed by atoms with Crippen LogP contribution in [0.4, 0.5) is 5.69 Å². The number of likely N-dealkylation sites (N-methyl/N-ethyl adjacent to an activating group) is 1. The monoisotopic (exact) mass is 262 g/mol. The summed E-state index contributed by atoms with van der Waals surface area (Å²) in [6.07, 6.45) is 3.29. The Bertz CT molecular complexity index is 434. The van der Waals surface area contributed by atoms with E-state index in [4.69, 9.17) is 4.74 Å². The fourth-order valence-electron chi connectivity index (χ4n) is 2.37. The highest BCUT2D eigenvalue weighted by Gasteiger charge is 2.21. The summed E-state index contributed by atoms with van der Waals surface area (Å²) in [6.45, 7) is 2.91. The van der Waals surface area contributed by atoms with Crippen molar-refractivity contribution in [3.8, 4) is 0 Å². The van der Waals surface area contributed by atoms with Gasteiger partial charge in [0.15, 0.2) is 0 Å². The predicted octanol–water partition coefficient (Wildman–Crippen LogP) is 1.95. The van der Waals surface area contributed by atoms with Crippen molar-refractivity contribution in [2.45, 2.75) is 38.4 Å². The van der Waals surface area contributed by atoms with E-state index in [2.05, 4.69) is 17.6 Å². The van der Waals surface area contributed by atoms with Crippen LogP contribution in [0.3, 0.4) is 0 Å². The van der Waals surface area contributed by atoms with Gasteiger partial charge in [-0.05, 0) is 31.4 Å². The largest absolute Gasteiger partial charge is 0.382 e. The van der Waals surface area contributed by atoms with Crippen LogP contribution in [0.5, 0.6) is 0 Å². The van der Waals surface area contributed by atoms with E-state index in [9.17, 15) is 4.79 Å². The molecular weight excluding hydrogens is 240 g/mol. The van der Waals surface area contributed by atoms with Crippen LogP contribution in [-0.4, -0.2) is 31.7 Å². The molecule has 1 fully saturated rings. The van der Waals surface area contributed by atoms with Gasteiger partial charge in [-0.2, -0.15) is 0 Å². The Labute approximate surface area is 114 Å². The summed E-state index contributed by atoms with van der Waals surface area (Å²) < 4.78 is 5.78. The molecule has 0 radical (unpaired) electrons. The summed E-state index contributed by atoms with van der Waals surface area (Å²) >= 11 is 0. The summed E-state index contributed by atoms with van der Waals surface area (Å²) in [5.41, 5.74) is 2.04. The lowest BCUT2D eigenvalue weighted by Crippen LogP contribution is -2.23. The number of rotatable bonds is 5. The van der Waals surface area contributed by atoms with Gasteiger partial charge in [0.2, 0.25) is 5.91 Å². The third-order valence-electron chi connectivity index (χ3n) is 3.49. The van der Waals surface area contributed by atoms with E-state index in [1.165, 1.54) is 0 Å². The van der Waals surface area contributed by atoms with Crippen LogP contribution in [0.25, 0.3) is 0 Å². The Kier molecular flexibility index (Phi) is 4.80. The molecule has 4 nitrogen and oxygen atoms in total. The number of anilines is 1. The fourth-order valence-corrected chi connectivity index (χ4v) is 2.37. The molecule has 1 aromatic carbocycles. The van der Waals surface area contributed by atoms with E-state index in [0.29, 0.717) is 12.5 Å². The van der Waals surface area contributed by atoms with Crippen molar-refractivity contribution in [3.63, 3.8) is 0 Å². The molecule has 2 rings (SSSR count). The maximum Gasteiger partial charge on any atom is 0.224 e. The second-order valence-corrected chi connectivity index (χ2v) is 5.03. The molecule has 1 aliphatic heterocycles. The van der Waals surface area contributed by atoms with Gasteiger partial charge in [-0.1, -0.05) is 18.2 Å². The molecule has 19 heavy (non-hydrogen) atoms. The van der Waals surface area contributed by atoms with Crippen molar-refractivity contribution in [1.82, 2.24) is 5.32 Å². The maximum absolute atomic E-state index is 11.5. The number of nitrogens with one attached hydrogen (secondary N) is 2. The van der Waals surface area contributed by atoms with Crippen molar-refractivity contribution < 1.29 is 9.53 Å². The lowest BCUT2D eigenvalue weighted by Gasteiger charge is -2.15. The molecule has 2 atom stereocenters. The molecule has 2 N–H and O–H groups in total. The number of ether oxygens (including phenoxy) is 1. The third-order valence-corrected chi connectivity index (χ3v) is 3.49. The number of hydrogen-bond donors (Lipinski definition) is 2. The fraction of sp³-hybridized carbons (Fsp3) is 0.533. The zero-order chi connectivity index (χ0) is 13.7. The SMILES string of the molecule is CNC(=O)Cc1ccccc1NCC1CCC(C)O1. The van der Waals surface area contributed by atoms with Crippen molar-refractivity contribution in [1.29, 1.82) is 0 Å². The molecule has 104 valence electrons. The van der Waals surface area contributed by atoms with Gasteiger partial charge in [0.1, 0.15) is 0 Å². The van der Waals surface area contributed by atoms with Crippen LogP contribution in [0, 0.1) is 0 Å². The van der Waals surface area contributed by atoms with E-state index in [1.807, 2.05) is 24.3 Å². The smallest absolute Gasteiger partial charge is 0.224 e. The van der Waals surface area contributed by atoms with Crippen molar-refractivity contribution in [2.75, 3.05) is 18.9 Å². The van der Waals surface area contributed by atoms with Gasteiger partial charge in [0, 0.05) is 19.3 Å². The van der Waals surface area contributed by atoms with E-state index in [1.54, 1.807) is 7.05 Å². The van der Waals surface area contributed by atoms with E-state index >= 15 is 0 Å². The van der Waals surface area contributed by atoms with Crippen LogP contribution < -0.4 is 10.6 Å². The average molecular weight is 262 g/mol. The first kappa shape index (κ1) is 13.9. The van der Waals surface area contributed by atoms with Gasteiger partial charge < -0.3 is 15.4 Å². The zero-order valence-electron chi connectivity index (χ0n) is 11.6. The number of carbonyl (C=O) groups is 1. The molecule has 0 saturated carbocycles. The first-order valence-corrected chi connectivity index (χ1v) is 6.87. The van der Waals surface area contributed by atoms with Gasteiger partial charge in [-0.15, -0.1) is 0 Å². The number of para-hydroxylation sites is 1. The number of hydrogen-bond acceptors (Lipinski definition) is 3. The van der Waals surface area contributed by atoms with Crippen LogP contribution in [0.1, 0.15) is 25.3 Å². The summed E-state index contributed by atoms with van der Waals surface area (Å²) in [4.78, 5) is 11.5. The molecule has 4 heteroatoms. The normalized spacial score (nSPS) is 22.2. The molecular formula is C15H22N2O2. The molecule has 0 aromatic heterocycles. The van der Waals surface area contributed by atoms with Crippen LogP contribution >= 0.6 is 0 Å². The van der Waals surface area contributed by atoms with Gasteiger partial charge in [0.05, 0.1) is 18.6 Å². The van der Waals surface area contributed by atoms with Gasteiger partial charge >= 0.3 is 0 Å². The molecule has 0 spiro atoms. The first-order valence-electron chi connectivity index (χ1n) is 6.87. The number of amides is 1. The van der Waals surface area contributed by atoms with E-state index < -0.39 is 0 Å². The minimum atomic E-state index is 0.0278. The second kappa shape index (κ2) is 6.57. The Morgan fingerprint density at radius 2 is 2.16 bits per heavy atom. The second-order valence-electron chi connectivity index (χ2n) is 5.03. The molecule has 0 aliphatic carbocycles. The summed E-state index contributed by atoms with van der Waals surface area (Å²) in [5.74, 6) is 0.0278. The lowest BCUT2D eigenvalue weighted by atomic mass is 10.1. The Morgan fingerprint density at radius 3 is 2.84 bits per heavy atom. The Hall–Kier alpha value is -1.55. The van der Waals surface area contributed by atoms with Crippen LogP contribution in [-0.2, 0) is 16.0 Å². The number of carbonyl (C=O) groups excluding carboxylic acids is 1. The average Bonchev–Trinajstić information content (AvgIpc) is 2.83. The Morgan fingerprint density at radius 1 is 1.37 bits per heavy atom. The third kappa shape index (κ3) is 3.96. The highest BCUT2D eigenvalue weighted by Crippen LogP contribution is 2.21. The van der Waals surface area contributed by atoms with Crippen molar-refractivity contribution in [2.24, 2.45) is 0 Å². The minimum absolute atomic E-state index is 0.0278. The lowest BCUT2D eigenvalue weighted by molar-refractivity contribution is -0.119. The minimum Gasteiger partial charge on any atom is -0.382 e. The van der Waals surface area contributed by atoms with E-state index in [-0.39, 0.29) is 12.0 Å². The highest BCUT2D eigenvalue weighted by atomic mass is 16.5. The first-order chi connectivity index (χ1) is 9.19. The molecule has 1 aliphatic rings. The molecule has 1 aromatic rings. The summed E-state index contributed by atoms with van der Waals surface area (Å²) in [5, 5.41) is 6.05. The molecule has 1 amide bonds. The zero-order valence-corrected chi connectivity index (χ0v) is 11.6. The molecule has 1 saturated heterocycles. The molecule has 2 unspecified atom stereocenters. The molecule has 1 heterocycles. The molecule has 0 bridgehead atoms. The predicted molar refractivity (Wildman–Crippen MR) is 76.3 cm³/mol. The van der Waals surface area contributed by atoms with Gasteiger partial charge in [-0.3, -0.25) is 4.79 Å². The number of benzene rings is 1. The summed E-state index contributed by atoms with van der Waals surface area (Å²) in [6, 6.07) is 7.93. The maximum atomic E-state index is 11.5.